The topological polar surface area (TPSA) is 174 Å². The Labute approximate surface area is 343 Å². The number of carboxylic acids is 2. The zero-order valence-electron chi connectivity index (χ0n) is 34.1. The molecule has 4 aliphatic rings. The highest BCUT2D eigenvalue weighted by atomic mass is 16.5. The second-order valence-corrected chi connectivity index (χ2v) is 16.3. The van der Waals surface area contributed by atoms with Crippen LogP contribution in [0.3, 0.4) is 0 Å². The minimum Gasteiger partial charge on any atom is -0.489 e. The summed E-state index contributed by atoms with van der Waals surface area (Å²) in [4.78, 5) is 21.6. The smallest absolute Gasteiger partial charge is 0.303 e. The molecule has 2 aliphatic carbocycles. The van der Waals surface area contributed by atoms with E-state index >= 15 is 0 Å². The molecule has 2 heterocycles. The summed E-state index contributed by atoms with van der Waals surface area (Å²) in [5, 5.41) is 59.7. The molecule has 0 amide bonds. The van der Waals surface area contributed by atoms with Gasteiger partial charge in [-0.05, 0) is 62.5 Å². The van der Waals surface area contributed by atoms with Gasteiger partial charge in [0.25, 0.3) is 0 Å². The fourth-order valence-electron chi connectivity index (χ4n) is 8.82. The molecular formula is C48H60O10. The van der Waals surface area contributed by atoms with Crippen LogP contribution in [0.5, 0.6) is 11.5 Å². The largest absolute Gasteiger partial charge is 0.489 e. The molecule has 2 saturated carbocycles. The summed E-state index contributed by atoms with van der Waals surface area (Å²) in [7, 11) is 0. The summed E-state index contributed by atoms with van der Waals surface area (Å²) in [6.07, 6.45) is 10.1. The maximum atomic E-state index is 10.8. The molecule has 0 radical (unpaired) electrons. The van der Waals surface area contributed by atoms with E-state index in [1.165, 1.54) is 0 Å². The SMILES string of the molecule is CC#CC[C@@H](C)[C@H](O)/C=C/[C@@H]1[C@H]2c3cccc(CCCC(=O)O)c3O[C@H]2C[C@H]1O.CC#CC[C@H](C)[C@H](O)/C=C/[C@@H]1[C@H]2c3cccc(CCCC(=O)O)c3O[C@H]2C[C@H]1O. The van der Waals surface area contributed by atoms with Crippen LogP contribution >= 0.6 is 0 Å². The zero-order chi connectivity index (χ0) is 41.9. The van der Waals surface area contributed by atoms with Crippen LogP contribution in [-0.4, -0.2) is 79.2 Å². The molecule has 0 saturated heterocycles. The third-order valence-electron chi connectivity index (χ3n) is 12.1. The number of aliphatic carboxylic acids is 2. The van der Waals surface area contributed by atoms with Crippen LogP contribution in [0.1, 0.15) is 113 Å². The van der Waals surface area contributed by atoms with E-state index in [-0.39, 0.29) is 60.6 Å². The van der Waals surface area contributed by atoms with E-state index in [1.807, 2.05) is 62.4 Å². The number of para-hydroxylation sites is 2. The van der Waals surface area contributed by atoms with Gasteiger partial charge in [-0.1, -0.05) is 74.5 Å². The highest BCUT2D eigenvalue weighted by Crippen LogP contribution is 2.53. The van der Waals surface area contributed by atoms with Crippen molar-refractivity contribution in [3.05, 3.63) is 83.0 Å². The van der Waals surface area contributed by atoms with Crippen molar-refractivity contribution in [1.82, 2.24) is 0 Å². The number of hydrogen-bond donors (Lipinski definition) is 6. The predicted molar refractivity (Wildman–Crippen MR) is 221 cm³/mol. The Bertz CT molecular complexity index is 1770. The first-order valence-corrected chi connectivity index (χ1v) is 20.7. The van der Waals surface area contributed by atoms with Gasteiger partial charge < -0.3 is 40.1 Å². The van der Waals surface area contributed by atoms with Crippen LogP contribution in [0.25, 0.3) is 0 Å². The summed E-state index contributed by atoms with van der Waals surface area (Å²) < 4.78 is 12.4. The Kier molecular flexibility index (Phi) is 16.0. The lowest BCUT2D eigenvalue weighted by atomic mass is 9.86. The first-order valence-electron chi connectivity index (χ1n) is 20.7. The van der Waals surface area contributed by atoms with Gasteiger partial charge in [-0.3, -0.25) is 9.59 Å². The summed E-state index contributed by atoms with van der Waals surface area (Å²) >= 11 is 0. The zero-order valence-corrected chi connectivity index (χ0v) is 34.1. The quantitative estimate of drug-likeness (QED) is 0.0806. The second kappa shape index (κ2) is 20.9. The van der Waals surface area contributed by atoms with Gasteiger partial charge in [0.2, 0.25) is 0 Å². The number of fused-ring (bicyclic) bond motifs is 6. The average molecular weight is 797 g/mol. The number of carboxylic acid groups (broad SMARTS) is 2. The number of aliphatic hydroxyl groups excluding tert-OH is 4. The van der Waals surface area contributed by atoms with E-state index in [0.29, 0.717) is 51.4 Å². The Balaban J connectivity index is 0.000000221. The molecule has 6 rings (SSSR count). The number of hydrogen-bond acceptors (Lipinski definition) is 8. The van der Waals surface area contributed by atoms with Crippen molar-refractivity contribution in [2.24, 2.45) is 23.7 Å². The molecule has 58 heavy (non-hydrogen) atoms. The Morgan fingerprint density at radius 1 is 0.707 bits per heavy atom. The van der Waals surface area contributed by atoms with Crippen LogP contribution in [-0.2, 0) is 22.4 Å². The van der Waals surface area contributed by atoms with Crippen molar-refractivity contribution in [2.75, 3.05) is 0 Å². The normalized spacial score (nSPS) is 26.9. The summed E-state index contributed by atoms with van der Waals surface area (Å²) in [6.45, 7) is 7.50. The van der Waals surface area contributed by atoms with E-state index in [9.17, 15) is 30.0 Å². The molecular weight excluding hydrogens is 737 g/mol. The second-order valence-electron chi connectivity index (χ2n) is 16.3. The molecule has 2 aromatic rings. The minimum absolute atomic E-state index is 0.0287. The molecule has 10 nitrogen and oxygen atoms in total. The van der Waals surface area contributed by atoms with Gasteiger partial charge in [-0.2, -0.15) is 0 Å². The molecule has 0 unspecified atom stereocenters. The fraction of sp³-hybridized carbons (Fsp3) is 0.542. The van der Waals surface area contributed by atoms with Crippen molar-refractivity contribution in [3.8, 4) is 35.2 Å². The molecule has 2 fully saturated rings. The summed E-state index contributed by atoms with van der Waals surface area (Å²) in [5.74, 6) is 11.7. The van der Waals surface area contributed by atoms with Crippen LogP contribution < -0.4 is 9.47 Å². The number of carbonyl (C=O) groups is 2. The van der Waals surface area contributed by atoms with Gasteiger partial charge in [0.15, 0.2) is 0 Å². The van der Waals surface area contributed by atoms with Crippen molar-refractivity contribution in [1.29, 1.82) is 0 Å². The maximum Gasteiger partial charge on any atom is 0.303 e. The van der Waals surface area contributed by atoms with E-state index in [4.69, 9.17) is 19.7 Å². The van der Waals surface area contributed by atoms with E-state index in [1.54, 1.807) is 26.0 Å². The Morgan fingerprint density at radius 2 is 1.10 bits per heavy atom. The molecule has 2 aliphatic heterocycles. The predicted octanol–water partition coefficient (Wildman–Crippen LogP) is 6.57. The molecule has 0 spiro atoms. The monoisotopic (exact) mass is 796 g/mol. The average Bonchev–Trinajstić information content (AvgIpc) is 3.91. The van der Waals surface area contributed by atoms with Crippen molar-refractivity contribution >= 4 is 11.9 Å². The summed E-state index contributed by atoms with van der Waals surface area (Å²) in [5.41, 5.74) is 4.21. The Morgan fingerprint density at radius 3 is 1.47 bits per heavy atom. The number of aliphatic hydroxyl groups is 4. The van der Waals surface area contributed by atoms with Gasteiger partial charge >= 0.3 is 11.9 Å². The highest BCUT2D eigenvalue weighted by Gasteiger charge is 2.50. The molecule has 12 atom stereocenters. The lowest BCUT2D eigenvalue weighted by Crippen LogP contribution is -2.19. The number of aryl methyl sites for hydroxylation is 2. The van der Waals surface area contributed by atoms with Crippen LogP contribution in [0.15, 0.2) is 60.7 Å². The minimum atomic E-state index is -0.790. The first-order chi connectivity index (χ1) is 27.8. The number of benzene rings is 2. The lowest BCUT2D eigenvalue weighted by molar-refractivity contribution is -0.138. The van der Waals surface area contributed by atoms with Gasteiger partial charge in [0.1, 0.15) is 23.7 Å². The van der Waals surface area contributed by atoms with Crippen LogP contribution in [0.4, 0.5) is 0 Å². The van der Waals surface area contributed by atoms with Crippen molar-refractivity contribution in [3.63, 3.8) is 0 Å². The van der Waals surface area contributed by atoms with Crippen molar-refractivity contribution in [2.45, 2.75) is 140 Å². The van der Waals surface area contributed by atoms with Gasteiger partial charge in [-0.15, -0.1) is 23.7 Å². The van der Waals surface area contributed by atoms with E-state index in [2.05, 4.69) is 23.7 Å². The first kappa shape index (κ1) is 44.5. The molecule has 2 aromatic carbocycles. The third kappa shape index (κ3) is 10.9. The maximum absolute atomic E-state index is 10.8. The van der Waals surface area contributed by atoms with Crippen LogP contribution in [0.2, 0.25) is 0 Å². The van der Waals surface area contributed by atoms with Crippen LogP contribution in [0, 0.1) is 47.4 Å². The van der Waals surface area contributed by atoms with Gasteiger partial charge in [-0.25, -0.2) is 0 Å². The number of ether oxygens (including phenoxy) is 2. The van der Waals surface area contributed by atoms with E-state index in [0.717, 1.165) is 33.8 Å². The molecule has 6 N–H and O–H groups in total. The highest BCUT2D eigenvalue weighted by molar-refractivity contribution is 5.67. The Hall–Kier alpha value is -4.58. The number of rotatable bonds is 16. The van der Waals surface area contributed by atoms with Crippen molar-refractivity contribution < 1.29 is 49.7 Å². The third-order valence-corrected chi connectivity index (χ3v) is 12.1. The fourth-order valence-corrected chi connectivity index (χ4v) is 8.82. The van der Waals surface area contributed by atoms with Gasteiger partial charge in [0.05, 0.1) is 24.4 Å². The standard InChI is InChI=1S/2C24H30O5/c2*1-3-4-7-15(2)19(25)13-12-17-20(26)14-21-23(17)18-10-5-8-16(24(18)29-21)9-6-11-22(27)28/h2*5,8,10,12-13,15,17,19-21,23,25-26H,6-7,9,11,14H2,1-2H3,(H,27,28)/b2*13-12+/t15-,17+,19-,20-,21+,23+;15-,17-,19+,20+,21-,23-/m10/s1. The molecule has 312 valence electrons. The molecule has 0 aromatic heterocycles. The lowest BCUT2D eigenvalue weighted by Gasteiger charge is -2.19. The molecule has 10 heteroatoms. The van der Waals surface area contributed by atoms with E-state index < -0.39 is 36.4 Å². The summed E-state index contributed by atoms with van der Waals surface area (Å²) in [6, 6.07) is 12.0. The van der Waals surface area contributed by atoms with Gasteiger partial charge in [0, 0.05) is 73.3 Å². The molecule has 0 bridgehead atoms.